The molecule has 0 radical (unpaired) electrons. The first-order valence-corrected chi connectivity index (χ1v) is 37.1. The first-order valence-electron chi connectivity index (χ1n) is 34.8. The van der Waals surface area contributed by atoms with Crippen LogP contribution in [0.5, 0.6) is 34.5 Å². The van der Waals surface area contributed by atoms with Gasteiger partial charge in [0.25, 0.3) is 35.4 Å². The summed E-state index contributed by atoms with van der Waals surface area (Å²) in [6.07, 6.45) is 7.84. The lowest BCUT2D eigenvalue weighted by molar-refractivity contribution is -0.129. The Hall–Kier alpha value is -7.92. The molecular formula is C75H99Cl6N9O12. The van der Waals surface area contributed by atoms with E-state index >= 15 is 0 Å². The fourth-order valence-electron chi connectivity index (χ4n) is 13.2. The van der Waals surface area contributed by atoms with Gasteiger partial charge in [-0.15, -0.1) is 0 Å². The van der Waals surface area contributed by atoms with Crippen LogP contribution in [-0.2, 0) is 28.8 Å². The number of rotatable bonds is 21. The van der Waals surface area contributed by atoms with E-state index in [0.717, 1.165) is 114 Å². The first kappa shape index (κ1) is 76.7. The number of ether oxygens (including phenoxy) is 6. The summed E-state index contributed by atoms with van der Waals surface area (Å²) in [6.45, 7) is 9.71. The molecular weight excluding hydrogens is 1430 g/mol. The van der Waals surface area contributed by atoms with Gasteiger partial charge in [-0.2, -0.15) is 0 Å². The lowest BCUT2D eigenvalue weighted by Crippen LogP contribution is -2.52. The molecule has 6 aliphatic rings. The number of hydrogen-bond donors (Lipinski definition) is 6. The largest absolute Gasteiger partial charge is 0.484 e. The van der Waals surface area contributed by atoms with Crippen molar-refractivity contribution in [2.45, 2.75) is 152 Å². The second-order valence-electron chi connectivity index (χ2n) is 25.9. The Bertz CT molecular complexity index is 3450. The molecule has 3 saturated carbocycles. The van der Waals surface area contributed by atoms with E-state index in [1.165, 1.54) is 0 Å². The third-order valence-electron chi connectivity index (χ3n) is 18.6. The summed E-state index contributed by atoms with van der Waals surface area (Å²) in [7, 11) is 0. The van der Waals surface area contributed by atoms with Gasteiger partial charge in [0, 0.05) is 94.6 Å². The number of anilines is 3. The molecule has 3 fully saturated rings. The molecule has 3 atom stereocenters. The van der Waals surface area contributed by atoms with Crippen LogP contribution < -0.4 is 75.0 Å². The number of likely N-dealkylation sites (N-methyl/N-ethyl adjacent to an activating group) is 3. The van der Waals surface area contributed by atoms with Gasteiger partial charge in [-0.05, 0) is 225 Å². The molecule has 558 valence electrons. The molecule has 6 aromatic rings. The Kier molecular flexibility index (Phi) is 28.2. The van der Waals surface area contributed by atoms with Gasteiger partial charge in [-0.3, -0.25) is 28.8 Å². The van der Waals surface area contributed by atoms with Crippen LogP contribution in [0.15, 0.2) is 127 Å². The zero-order chi connectivity index (χ0) is 72.2. The summed E-state index contributed by atoms with van der Waals surface area (Å²) in [5.74, 6) is 3.02. The molecule has 12 rings (SSSR count). The molecule has 0 aromatic heterocycles. The molecule has 102 heavy (non-hydrogen) atoms. The molecule has 3 aliphatic carbocycles. The van der Waals surface area contributed by atoms with Crippen LogP contribution in [0.1, 0.15) is 106 Å². The summed E-state index contributed by atoms with van der Waals surface area (Å²) >= 11 is 35.9. The molecule has 21 nitrogen and oxygen atoms in total. The molecule has 6 amide bonds. The van der Waals surface area contributed by atoms with Gasteiger partial charge in [0.1, 0.15) is 34.5 Å². The molecule has 3 aliphatic heterocycles. The van der Waals surface area contributed by atoms with E-state index in [1.54, 1.807) is 91.0 Å². The average molecular weight is 1530 g/mol. The van der Waals surface area contributed by atoms with Crippen LogP contribution in [0.4, 0.5) is 17.1 Å². The molecule has 6 aromatic carbocycles. The summed E-state index contributed by atoms with van der Waals surface area (Å²) < 4.78 is 34.4. The number of carbonyl (C=O) groups excluding carboxylic acids is 6. The highest BCUT2D eigenvalue weighted by Crippen LogP contribution is 2.39. The van der Waals surface area contributed by atoms with Gasteiger partial charge < -0.3 is 75.0 Å². The maximum Gasteiger partial charge on any atom is 0.263 e. The fourth-order valence-corrected chi connectivity index (χ4v) is 14.0. The molecule has 0 spiro atoms. The van der Waals surface area contributed by atoms with Crippen molar-refractivity contribution in [1.82, 2.24) is 31.9 Å². The Labute approximate surface area is 634 Å². The van der Waals surface area contributed by atoms with Crippen molar-refractivity contribution in [3.63, 3.8) is 0 Å². The molecule has 6 N–H and O–H groups in total. The Morgan fingerprint density at radius 2 is 0.559 bits per heavy atom. The van der Waals surface area contributed by atoms with E-state index in [-0.39, 0.29) is 100 Å². The lowest BCUT2D eigenvalue weighted by Gasteiger charge is -2.36. The summed E-state index contributed by atoms with van der Waals surface area (Å²) in [5.41, 5.74) is 2.74. The third kappa shape index (κ3) is 22.5. The van der Waals surface area contributed by atoms with Crippen molar-refractivity contribution in [2.75, 3.05) is 73.8 Å². The zero-order valence-electron chi connectivity index (χ0n) is 57.2. The van der Waals surface area contributed by atoms with Crippen LogP contribution in [0, 0.1) is 0 Å². The monoisotopic (exact) mass is 1530 g/mol. The minimum Gasteiger partial charge on any atom is -0.484 e. The molecule has 27 heteroatoms. The minimum absolute atomic E-state index is 0. The number of amides is 6. The average Bonchev–Trinajstić information content (AvgIpc) is 0.807. The van der Waals surface area contributed by atoms with E-state index < -0.39 is 18.3 Å². The SMILES string of the molecule is CCN1CC(C(=O)NC2CCC(NC(=O)COc3ccc(Cl)cc3)CC2)Oc2ccc(Cl)cc21.CCN1C[C@@H](C(=O)NC2CCC(NC(=O)COc3ccc(Cl)cc3)CC2)Oc2ccc(Cl)cc21.CCN1C[C@H](C(=O)NC2CCC(NC(=O)COc3ccc(Cl)cc3)CC2)Oc2ccc(Cl)cc21.[HH].[HH].[HH].[HH].[HH].[HH]. The number of halogens is 6. The Morgan fingerprint density at radius 1 is 0.343 bits per heavy atom. The van der Waals surface area contributed by atoms with Crippen LogP contribution in [0.2, 0.25) is 30.1 Å². The number of hydrogen-bond acceptors (Lipinski definition) is 15. The summed E-state index contributed by atoms with van der Waals surface area (Å²) in [4.78, 5) is 81.8. The normalized spacial score (nSPS) is 21.7. The lowest BCUT2D eigenvalue weighted by atomic mass is 9.91. The van der Waals surface area contributed by atoms with E-state index in [2.05, 4.69) is 46.6 Å². The topological polar surface area (TPSA) is 240 Å². The second kappa shape index (κ2) is 37.5. The van der Waals surface area contributed by atoms with Crippen molar-refractivity contribution in [2.24, 2.45) is 0 Å². The molecule has 3 heterocycles. The van der Waals surface area contributed by atoms with E-state index in [9.17, 15) is 28.8 Å². The first-order chi connectivity index (χ1) is 49.2. The van der Waals surface area contributed by atoms with E-state index in [4.69, 9.17) is 98.0 Å². The standard InChI is InChI=1S/3C25H29Cl2N3O4.6H2/c3*1-2-30-14-23(34-22-12-5-17(27)13-21(22)30)25(32)29-19-8-6-18(7-9-19)28-24(31)15-33-20-10-3-16(26)4-11-20;;;;;;/h3*3-5,10-13,18-19,23H,2,6-9,14-15H2,1H3,(H,28,31)(H,29,32);6*1H/t2*18?,19?,23-;;;;;;;/m10......./s1. The van der Waals surface area contributed by atoms with Crippen molar-refractivity contribution >= 4 is 122 Å². The van der Waals surface area contributed by atoms with Gasteiger partial charge in [0.2, 0.25) is 0 Å². The highest BCUT2D eigenvalue weighted by atomic mass is 35.5. The number of carbonyl (C=O) groups is 6. The van der Waals surface area contributed by atoms with E-state index in [0.29, 0.717) is 84.3 Å². The highest BCUT2D eigenvalue weighted by Gasteiger charge is 2.37. The number of nitrogens with one attached hydrogen (secondary N) is 6. The van der Waals surface area contributed by atoms with Crippen molar-refractivity contribution in [3.05, 3.63) is 158 Å². The maximum atomic E-state index is 12.9. The number of benzene rings is 6. The van der Waals surface area contributed by atoms with Crippen LogP contribution in [0.3, 0.4) is 0 Å². The van der Waals surface area contributed by atoms with Gasteiger partial charge in [-0.1, -0.05) is 69.6 Å². The molecule has 1 unspecified atom stereocenters. The van der Waals surface area contributed by atoms with Crippen LogP contribution >= 0.6 is 69.6 Å². The zero-order valence-corrected chi connectivity index (χ0v) is 61.7. The van der Waals surface area contributed by atoms with Crippen molar-refractivity contribution in [3.8, 4) is 34.5 Å². The minimum atomic E-state index is -0.573. The predicted molar refractivity (Wildman–Crippen MR) is 412 cm³/mol. The van der Waals surface area contributed by atoms with Crippen molar-refractivity contribution in [1.29, 1.82) is 0 Å². The van der Waals surface area contributed by atoms with Gasteiger partial charge in [-0.25, -0.2) is 0 Å². The summed E-state index contributed by atoms with van der Waals surface area (Å²) in [5, 5.41) is 22.3. The predicted octanol–water partition coefficient (Wildman–Crippen LogP) is 14.1. The van der Waals surface area contributed by atoms with Crippen LogP contribution in [0.25, 0.3) is 0 Å². The second-order valence-corrected chi connectivity index (χ2v) is 28.5. The quantitative estimate of drug-likeness (QED) is 0.0393. The maximum absolute atomic E-state index is 12.9. The smallest absolute Gasteiger partial charge is 0.263 e. The third-order valence-corrected chi connectivity index (χ3v) is 20.1. The van der Waals surface area contributed by atoms with Crippen LogP contribution in [-0.4, -0.2) is 149 Å². The fraction of sp³-hybridized carbons (Fsp3) is 0.440. The Balaban J connectivity index is 0.000000333. The highest BCUT2D eigenvalue weighted by molar-refractivity contribution is 6.32. The van der Waals surface area contributed by atoms with Gasteiger partial charge >= 0.3 is 0 Å². The summed E-state index contributed by atoms with van der Waals surface area (Å²) in [6, 6.07) is 37.4. The number of nitrogens with zero attached hydrogens (tertiary/aromatic N) is 3. The molecule has 0 saturated heterocycles. The van der Waals surface area contributed by atoms with E-state index in [1.807, 2.05) is 57.2 Å². The van der Waals surface area contributed by atoms with Gasteiger partial charge in [0.05, 0.1) is 36.7 Å². The van der Waals surface area contributed by atoms with Gasteiger partial charge in [0.15, 0.2) is 38.1 Å². The molecule has 0 bridgehead atoms. The Morgan fingerprint density at radius 3 is 0.784 bits per heavy atom. The van der Waals surface area contributed by atoms with Crippen molar-refractivity contribution < 1.29 is 65.7 Å². The number of fused-ring (bicyclic) bond motifs is 3.